The Bertz CT molecular complexity index is 119. The molecule has 0 aliphatic rings. The van der Waals surface area contributed by atoms with E-state index in [2.05, 4.69) is 26.6 Å². The van der Waals surface area contributed by atoms with Crippen molar-refractivity contribution in [1.82, 2.24) is 0 Å². The third-order valence-corrected chi connectivity index (χ3v) is 2.79. The summed E-state index contributed by atoms with van der Waals surface area (Å²) in [5, 5.41) is 8.90. The van der Waals surface area contributed by atoms with Crippen LogP contribution >= 0.6 is 0 Å². The summed E-state index contributed by atoms with van der Waals surface area (Å²) in [7, 11) is -1.30. The van der Waals surface area contributed by atoms with Crippen molar-refractivity contribution in [3.05, 3.63) is 6.92 Å². The molecule has 0 saturated carbocycles. The first kappa shape index (κ1) is 13.1. The van der Waals surface area contributed by atoms with Crippen LogP contribution in [-0.4, -0.2) is 26.1 Å². The summed E-state index contributed by atoms with van der Waals surface area (Å²) in [4.78, 5) is 0. The maximum atomic E-state index is 8.90. The van der Waals surface area contributed by atoms with E-state index in [9.17, 15) is 0 Å². The molecule has 1 atom stereocenters. The van der Waals surface area contributed by atoms with Crippen LogP contribution < -0.4 is 0 Å². The minimum Gasteiger partial charge on any atom is -0.418 e. The number of aliphatic hydroxyl groups excluding tert-OH is 1. The van der Waals surface area contributed by atoms with Gasteiger partial charge in [-0.15, -0.1) is 0 Å². The summed E-state index contributed by atoms with van der Waals surface area (Å²) in [6, 6.07) is 0. The van der Waals surface area contributed by atoms with Gasteiger partial charge in [-0.25, -0.2) is 0 Å². The molecule has 0 aliphatic heterocycles. The molecular formula is C10H23O2Si. The van der Waals surface area contributed by atoms with Gasteiger partial charge in [0.1, 0.15) is 0 Å². The Morgan fingerprint density at radius 2 is 1.85 bits per heavy atom. The average Bonchev–Trinajstić information content (AvgIpc) is 1.93. The van der Waals surface area contributed by atoms with Gasteiger partial charge < -0.3 is 9.53 Å². The number of rotatable bonds is 7. The Hall–Kier alpha value is 0.137. The number of aliphatic hydroxyl groups is 1. The molecule has 0 unspecified atom stereocenters. The van der Waals surface area contributed by atoms with Crippen molar-refractivity contribution in [1.29, 1.82) is 0 Å². The molecule has 0 aromatic carbocycles. The van der Waals surface area contributed by atoms with Gasteiger partial charge in [-0.05, 0) is 39.4 Å². The largest absolute Gasteiger partial charge is 0.418 e. The van der Waals surface area contributed by atoms with Crippen molar-refractivity contribution in [2.45, 2.75) is 51.4 Å². The summed E-state index contributed by atoms with van der Waals surface area (Å²) >= 11 is 0. The molecule has 0 heterocycles. The zero-order chi connectivity index (χ0) is 10.3. The van der Waals surface area contributed by atoms with E-state index in [0.717, 1.165) is 32.3 Å². The van der Waals surface area contributed by atoms with Gasteiger partial charge in [-0.1, -0.05) is 12.8 Å². The highest BCUT2D eigenvalue weighted by Crippen LogP contribution is 2.07. The van der Waals surface area contributed by atoms with E-state index in [0.29, 0.717) is 0 Å². The maximum absolute atomic E-state index is 8.90. The predicted molar refractivity (Wildman–Crippen MR) is 59.1 cm³/mol. The first-order chi connectivity index (χ1) is 5.92. The zero-order valence-electron chi connectivity index (χ0n) is 9.18. The van der Waals surface area contributed by atoms with Gasteiger partial charge in [0, 0.05) is 6.61 Å². The molecule has 0 aromatic rings. The van der Waals surface area contributed by atoms with Crippen LogP contribution in [0.25, 0.3) is 0 Å². The Labute approximate surface area is 83.4 Å². The van der Waals surface area contributed by atoms with E-state index in [4.69, 9.17) is 9.53 Å². The van der Waals surface area contributed by atoms with E-state index < -0.39 is 14.4 Å². The van der Waals surface area contributed by atoms with Gasteiger partial charge >= 0.3 is 0 Å². The summed E-state index contributed by atoms with van der Waals surface area (Å²) in [6.45, 7) is 11.0. The second kappa shape index (κ2) is 6.57. The first-order valence-electron chi connectivity index (χ1n) is 5.07. The monoisotopic (exact) mass is 203 g/mol. The molecular weight excluding hydrogens is 180 g/mol. The van der Waals surface area contributed by atoms with Crippen LogP contribution in [0.2, 0.25) is 19.6 Å². The molecule has 0 bridgehead atoms. The van der Waals surface area contributed by atoms with E-state index in [-0.39, 0.29) is 0 Å². The van der Waals surface area contributed by atoms with Crippen molar-refractivity contribution in [2.75, 3.05) is 6.61 Å². The third kappa shape index (κ3) is 12.1. The van der Waals surface area contributed by atoms with Crippen LogP contribution in [0.3, 0.4) is 0 Å². The smallest absolute Gasteiger partial charge is 0.183 e. The van der Waals surface area contributed by atoms with Crippen LogP contribution in [0, 0.1) is 6.92 Å². The van der Waals surface area contributed by atoms with Crippen LogP contribution in [0.4, 0.5) is 0 Å². The fourth-order valence-electron chi connectivity index (χ4n) is 1.04. The van der Waals surface area contributed by atoms with E-state index in [1.807, 2.05) is 0 Å². The van der Waals surface area contributed by atoms with Crippen LogP contribution in [-0.2, 0) is 4.43 Å². The van der Waals surface area contributed by atoms with Crippen molar-refractivity contribution >= 4 is 8.32 Å². The summed E-state index contributed by atoms with van der Waals surface area (Å²) < 4.78 is 5.70. The van der Waals surface area contributed by atoms with E-state index in [1.165, 1.54) is 0 Å². The topological polar surface area (TPSA) is 29.5 Å². The van der Waals surface area contributed by atoms with Gasteiger partial charge in [0.25, 0.3) is 0 Å². The summed E-state index contributed by atoms with van der Waals surface area (Å²) in [6.07, 6.45) is 3.72. The lowest BCUT2D eigenvalue weighted by molar-refractivity contribution is 0.203. The lowest BCUT2D eigenvalue weighted by Gasteiger charge is -2.16. The third-order valence-electron chi connectivity index (χ3n) is 1.72. The molecule has 0 aliphatic carbocycles. The molecule has 0 spiro atoms. The first-order valence-corrected chi connectivity index (χ1v) is 8.48. The highest BCUT2D eigenvalue weighted by atomic mass is 28.4. The molecule has 2 nitrogen and oxygen atoms in total. The van der Waals surface area contributed by atoms with E-state index in [1.54, 1.807) is 0 Å². The molecule has 1 radical (unpaired) electrons. The molecule has 3 heteroatoms. The number of unbranched alkanes of at least 4 members (excludes halogenated alkanes) is 2. The molecule has 0 saturated heterocycles. The van der Waals surface area contributed by atoms with Gasteiger partial charge in [0.15, 0.2) is 8.32 Å². The second-order valence-electron chi connectivity index (χ2n) is 4.46. The second-order valence-corrected chi connectivity index (χ2v) is 8.98. The molecule has 1 N–H and O–H groups in total. The molecule has 0 rings (SSSR count). The predicted octanol–water partition coefficient (Wildman–Crippen LogP) is 2.59. The highest BCUT2D eigenvalue weighted by molar-refractivity contribution is 6.69. The normalized spacial score (nSPS) is 14.5. The minimum atomic E-state index is -1.30. The molecule has 0 fully saturated rings. The lowest BCUT2D eigenvalue weighted by Crippen LogP contribution is -2.25. The van der Waals surface area contributed by atoms with Gasteiger partial charge in [0.2, 0.25) is 0 Å². The van der Waals surface area contributed by atoms with Crippen LogP contribution in [0.5, 0.6) is 0 Å². The van der Waals surface area contributed by atoms with Crippen molar-refractivity contribution in [3.63, 3.8) is 0 Å². The fourth-order valence-corrected chi connectivity index (χ4v) is 1.79. The quantitative estimate of drug-likeness (QED) is 0.509. The van der Waals surface area contributed by atoms with Gasteiger partial charge in [0.05, 0.1) is 6.10 Å². The van der Waals surface area contributed by atoms with Crippen molar-refractivity contribution in [2.24, 2.45) is 0 Å². The van der Waals surface area contributed by atoms with Crippen molar-refractivity contribution in [3.8, 4) is 0 Å². The van der Waals surface area contributed by atoms with E-state index >= 15 is 0 Å². The van der Waals surface area contributed by atoms with Gasteiger partial charge in [-0.2, -0.15) is 0 Å². The SMILES string of the molecule is [CH2][C@H](O)CCCCCO[Si](C)(C)C. The Morgan fingerprint density at radius 1 is 1.23 bits per heavy atom. The minimum absolute atomic E-state index is 0.391. The maximum Gasteiger partial charge on any atom is 0.183 e. The lowest BCUT2D eigenvalue weighted by atomic mass is 10.1. The van der Waals surface area contributed by atoms with Crippen molar-refractivity contribution < 1.29 is 9.53 Å². The zero-order valence-corrected chi connectivity index (χ0v) is 10.2. The molecule has 79 valence electrons. The van der Waals surface area contributed by atoms with Crippen LogP contribution in [0.15, 0.2) is 0 Å². The molecule has 13 heavy (non-hydrogen) atoms. The Balaban J connectivity index is 3.09. The molecule has 0 aromatic heterocycles. The Morgan fingerprint density at radius 3 is 2.31 bits per heavy atom. The standard InChI is InChI=1S/C10H23O2Si/c1-10(11)8-6-5-7-9-12-13(2,3)4/h10-11H,1,5-9H2,2-4H3/t10-/m0/s1. The Kier molecular flexibility index (Phi) is 6.64. The average molecular weight is 203 g/mol. The fraction of sp³-hybridized carbons (Fsp3) is 0.900. The summed E-state index contributed by atoms with van der Waals surface area (Å²) in [5.74, 6) is 0. The van der Waals surface area contributed by atoms with Gasteiger partial charge in [-0.3, -0.25) is 0 Å². The summed E-state index contributed by atoms with van der Waals surface area (Å²) in [5.41, 5.74) is 0. The molecule has 0 amide bonds. The number of hydrogen-bond donors (Lipinski definition) is 1. The highest BCUT2D eigenvalue weighted by Gasteiger charge is 2.12. The number of hydrogen-bond acceptors (Lipinski definition) is 2. The van der Waals surface area contributed by atoms with Crippen LogP contribution in [0.1, 0.15) is 25.7 Å².